The van der Waals surface area contributed by atoms with Crippen LogP contribution in [-0.2, 0) is 22.7 Å². The summed E-state index contributed by atoms with van der Waals surface area (Å²) in [6.07, 6.45) is -0.672. The van der Waals surface area contributed by atoms with Gasteiger partial charge in [0.15, 0.2) is 11.6 Å². The summed E-state index contributed by atoms with van der Waals surface area (Å²) in [7, 11) is 3.15. The monoisotopic (exact) mass is 721 g/mol. The van der Waals surface area contributed by atoms with Crippen LogP contribution in [0.25, 0.3) is 0 Å². The molecule has 1 N–H and O–H groups in total. The van der Waals surface area contributed by atoms with Crippen LogP contribution in [-0.4, -0.2) is 77.6 Å². The summed E-state index contributed by atoms with van der Waals surface area (Å²) in [4.78, 5) is 8.89. The van der Waals surface area contributed by atoms with Crippen molar-refractivity contribution in [3.63, 3.8) is 0 Å². The van der Waals surface area contributed by atoms with Crippen LogP contribution in [0, 0.1) is 11.6 Å². The lowest BCUT2D eigenvalue weighted by atomic mass is 9.78. The fourth-order valence-corrected chi connectivity index (χ4v) is 7.58. The Balaban J connectivity index is 1.65. The molecule has 0 aliphatic heterocycles. The van der Waals surface area contributed by atoms with Gasteiger partial charge in [-0.15, -0.1) is 0 Å². The molecule has 3 aromatic rings. The molecule has 1 fully saturated rings. The van der Waals surface area contributed by atoms with Crippen LogP contribution in [0.2, 0.25) is 0 Å². The Bertz CT molecular complexity index is 1830. The van der Waals surface area contributed by atoms with Crippen LogP contribution in [0.5, 0.6) is 11.5 Å². The third-order valence-corrected chi connectivity index (χ3v) is 10.4. The highest BCUT2D eigenvalue weighted by atomic mass is 32.2. The second kappa shape index (κ2) is 16.0. The van der Waals surface area contributed by atoms with E-state index >= 15 is 8.78 Å². The van der Waals surface area contributed by atoms with E-state index in [2.05, 4.69) is 22.0 Å². The first kappa shape index (κ1) is 38.3. The number of alkyl halides is 3. The number of halogens is 5. The SMILES string of the molecule is C=N/C=C\C(=NC)N(Cc1ccc(OC)cc1OC)S(=O)(=O)c1cc(F)c(N[C@H]2CC[C@H](c3cccc(C(F)(F)F)c3)C[C@@H]2N(C)C)c(F)c1. The minimum Gasteiger partial charge on any atom is -0.497 e. The third kappa shape index (κ3) is 8.62. The highest BCUT2D eigenvalue weighted by molar-refractivity contribution is 7.89. The van der Waals surface area contributed by atoms with Gasteiger partial charge in [-0.25, -0.2) is 21.5 Å². The molecular weight excluding hydrogens is 681 g/mol. The van der Waals surface area contributed by atoms with Gasteiger partial charge in [0.2, 0.25) is 0 Å². The second-order valence-electron chi connectivity index (χ2n) is 11.9. The predicted octanol–water partition coefficient (Wildman–Crippen LogP) is 7.11. The van der Waals surface area contributed by atoms with E-state index in [1.165, 1.54) is 39.6 Å². The Kier molecular flexibility index (Phi) is 12.3. The first-order valence-corrected chi connectivity index (χ1v) is 17.0. The standard InChI is InChI=1S/C35H40F5N5O4S/c1-41-15-14-33(42-2)45(21-24-10-12-26(48-5)18-32(24)49-6)50(46,47)27-19-28(36)34(29(37)20-27)43-30-13-11-23(17-31(30)44(3)4)22-8-7-9-25(16-22)35(38,39)40/h7-10,12,14-16,18-20,23,30-31,43H,1,11,13,17,21H2,2-6H3/b15-14-,42-33?/t23-,30-,31-/m0/s1. The summed E-state index contributed by atoms with van der Waals surface area (Å²) in [5.74, 6) is -1.80. The van der Waals surface area contributed by atoms with Gasteiger partial charge in [-0.1, -0.05) is 18.2 Å². The van der Waals surface area contributed by atoms with E-state index in [9.17, 15) is 21.6 Å². The molecule has 0 amide bonds. The van der Waals surface area contributed by atoms with E-state index in [1.54, 1.807) is 38.4 Å². The molecular formula is C35H40F5N5O4S. The number of nitrogens with zero attached hydrogens (tertiary/aromatic N) is 4. The largest absolute Gasteiger partial charge is 0.497 e. The summed E-state index contributed by atoms with van der Waals surface area (Å²) in [6, 6.07) is 10.7. The minimum atomic E-state index is -4.65. The van der Waals surface area contributed by atoms with Crippen LogP contribution >= 0.6 is 0 Å². The predicted molar refractivity (Wildman–Crippen MR) is 184 cm³/mol. The molecule has 1 saturated carbocycles. The molecule has 0 unspecified atom stereocenters. The summed E-state index contributed by atoms with van der Waals surface area (Å²) < 4.78 is 111. The molecule has 1 aliphatic carbocycles. The molecule has 0 saturated heterocycles. The van der Waals surface area contributed by atoms with Gasteiger partial charge < -0.3 is 19.7 Å². The minimum absolute atomic E-state index is 0.0929. The molecule has 1 aliphatic rings. The first-order chi connectivity index (χ1) is 23.6. The zero-order valence-corrected chi connectivity index (χ0v) is 29.2. The lowest BCUT2D eigenvalue weighted by Gasteiger charge is -2.41. The number of likely N-dealkylation sites (N-methyl/N-ethyl adjacent to an activating group) is 1. The summed E-state index contributed by atoms with van der Waals surface area (Å²) >= 11 is 0. The highest BCUT2D eigenvalue weighted by Crippen LogP contribution is 2.39. The zero-order valence-electron chi connectivity index (χ0n) is 28.3. The van der Waals surface area contributed by atoms with Crippen molar-refractivity contribution in [1.82, 2.24) is 9.21 Å². The molecule has 4 rings (SSSR count). The number of aliphatic imine (C=N–C) groups is 2. The van der Waals surface area contributed by atoms with Crippen LogP contribution in [0.15, 0.2) is 81.8 Å². The van der Waals surface area contributed by atoms with E-state index in [-0.39, 0.29) is 24.3 Å². The number of nitrogens with one attached hydrogen (secondary N) is 1. The third-order valence-electron chi connectivity index (χ3n) is 8.72. The summed E-state index contributed by atoms with van der Waals surface area (Å²) in [5.41, 5.74) is -0.291. The number of benzene rings is 3. The number of sulfonamides is 1. The van der Waals surface area contributed by atoms with Crippen molar-refractivity contribution in [1.29, 1.82) is 0 Å². The van der Waals surface area contributed by atoms with Gasteiger partial charge in [-0.3, -0.25) is 9.98 Å². The average molecular weight is 722 g/mol. The van der Waals surface area contributed by atoms with E-state index in [1.807, 2.05) is 4.90 Å². The van der Waals surface area contributed by atoms with Crippen LogP contribution in [0.4, 0.5) is 27.6 Å². The molecule has 270 valence electrons. The topological polar surface area (TPSA) is 95.8 Å². The van der Waals surface area contributed by atoms with Crippen LogP contribution in [0.3, 0.4) is 0 Å². The normalized spacial score (nSPS) is 18.7. The Morgan fingerprint density at radius 1 is 1.04 bits per heavy atom. The van der Waals surface area contributed by atoms with Gasteiger partial charge in [-0.2, -0.15) is 13.2 Å². The Morgan fingerprint density at radius 2 is 1.74 bits per heavy atom. The fraction of sp³-hybridized carbons (Fsp3) is 0.371. The van der Waals surface area contributed by atoms with Gasteiger partial charge >= 0.3 is 6.18 Å². The number of anilines is 1. The van der Waals surface area contributed by atoms with E-state index < -0.39 is 50.0 Å². The Hall–Kier alpha value is -4.50. The number of hydrogen-bond acceptors (Lipinski definition) is 8. The average Bonchev–Trinajstić information content (AvgIpc) is 3.09. The lowest BCUT2D eigenvalue weighted by molar-refractivity contribution is -0.137. The molecule has 50 heavy (non-hydrogen) atoms. The molecule has 0 bridgehead atoms. The fourth-order valence-electron chi connectivity index (χ4n) is 6.12. The lowest BCUT2D eigenvalue weighted by Crippen LogP contribution is -2.47. The molecule has 15 heteroatoms. The van der Waals surface area contributed by atoms with Crippen molar-refractivity contribution in [2.45, 2.75) is 54.9 Å². The number of hydrogen-bond donors (Lipinski definition) is 1. The first-order valence-electron chi connectivity index (χ1n) is 15.6. The molecule has 0 heterocycles. The van der Waals surface area contributed by atoms with Crippen molar-refractivity contribution in [3.05, 3.63) is 95.2 Å². The van der Waals surface area contributed by atoms with Crippen molar-refractivity contribution in [2.75, 3.05) is 40.7 Å². The Morgan fingerprint density at radius 3 is 2.32 bits per heavy atom. The number of ether oxygens (including phenoxy) is 2. The van der Waals surface area contributed by atoms with Crippen LogP contribution < -0.4 is 14.8 Å². The van der Waals surface area contributed by atoms with E-state index in [0.717, 1.165) is 28.6 Å². The van der Waals surface area contributed by atoms with Gasteiger partial charge in [0, 0.05) is 37.0 Å². The van der Waals surface area contributed by atoms with Crippen molar-refractivity contribution < 1.29 is 39.8 Å². The van der Waals surface area contributed by atoms with E-state index in [0.29, 0.717) is 41.9 Å². The molecule has 0 spiro atoms. The van der Waals surface area contributed by atoms with E-state index in [4.69, 9.17) is 9.47 Å². The highest BCUT2D eigenvalue weighted by Gasteiger charge is 2.36. The van der Waals surface area contributed by atoms with Gasteiger partial charge in [0.05, 0.1) is 31.2 Å². The summed E-state index contributed by atoms with van der Waals surface area (Å²) in [6.45, 7) is 3.04. The smallest absolute Gasteiger partial charge is 0.416 e. The van der Waals surface area contributed by atoms with Crippen LogP contribution in [0.1, 0.15) is 41.9 Å². The molecule has 3 atom stereocenters. The number of rotatable bonds is 12. The maximum absolute atomic E-state index is 15.8. The maximum atomic E-state index is 15.8. The Labute approximate surface area is 289 Å². The summed E-state index contributed by atoms with van der Waals surface area (Å²) in [5, 5.41) is 2.93. The maximum Gasteiger partial charge on any atom is 0.416 e. The molecule has 9 nitrogen and oxygen atoms in total. The number of methoxy groups -OCH3 is 2. The van der Waals surface area contributed by atoms with Crippen molar-refractivity contribution >= 4 is 28.3 Å². The molecule has 3 aromatic carbocycles. The van der Waals surface area contributed by atoms with Crippen molar-refractivity contribution in [3.8, 4) is 11.5 Å². The quantitative estimate of drug-likeness (QED) is 0.122. The molecule has 0 radical (unpaired) electrons. The van der Waals surface area contributed by atoms with Gasteiger partial charge in [-0.05, 0) is 88.0 Å². The number of amidine groups is 1. The van der Waals surface area contributed by atoms with Crippen molar-refractivity contribution in [2.24, 2.45) is 9.98 Å². The van der Waals surface area contributed by atoms with Gasteiger partial charge in [0.25, 0.3) is 10.0 Å². The zero-order chi connectivity index (χ0) is 36.8. The molecule has 0 aromatic heterocycles. The van der Waals surface area contributed by atoms with Gasteiger partial charge in [0.1, 0.15) is 23.0 Å². The second-order valence-corrected chi connectivity index (χ2v) is 13.8.